The molecule has 9 aromatic heterocycles. The van der Waals surface area contributed by atoms with Gasteiger partial charge in [0.05, 0.1) is 82.4 Å². The van der Waals surface area contributed by atoms with Crippen LogP contribution in [0.15, 0.2) is 511 Å². The highest BCUT2D eigenvalue weighted by Crippen LogP contribution is 2.51. The Morgan fingerprint density at radius 3 is 0.853 bits per heavy atom. The summed E-state index contributed by atoms with van der Waals surface area (Å²) in [4.78, 5) is 0. The molecule has 666 valence electrons. The SMILES string of the molecule is c1ccc(-c2cccc(-n3c4ccccc4c4cc5c6ccc7oc8ccc(-c9ccccc9)cc8c7c6n(-c6ccccc6)c5cc43)c2)cc1.c1ccc(-n2c3cc4c(cc3c3ccc5oc6ccccc6c5c32)c2ccccc2n4-c2ccc(-c3ccc4ccccc4c3)cc2)cc1.c1ccc(-n2c3cc4c(cc3c3ccc5oc6ccccc6c5c32)c2ccccc2n4-c2ccc3ccccc3c2)cc1. The quantitative estimate of drug-likeness (QED) is 0.145. The van der Waals surface area contributed by atoms with Crippen LogP contribution in [0.25, 0.3) is 286 Å². The highest BCUT2D eigenvalue weighted by atomic mass is 16.3. The standard InChI is InChI=1S/C48H30N2O.C46H28N2O.C40H24N2O/c1-4-13-31(14-5-1)33-17-12-20-36(27-33)49-42-22-11-10-21-37(42)39-29-40-38-24-26-46-47(41-28-34(23-25-45(41)51-46)32-15-6-2-7-16-32)48(38)50(44(40)30-43(39)49)35-18-8-3-9-19-35;1-2-12-33(13-3-1)48-42-28-41-38(27-39(42)36-24-25-44-45(46(36)48)37-15-7-9-17-43(37)49-44)35-14-6-8-16-40(35)47(41)34-22-20-30(21-23-34)32-19-18-29-10-4-5-11-31(29)26-32;1-2-12-27(13-3-1)42-36-24-35-32(23-33(36)30-20-21-38-39(40(30)42)31-15-7-9-17-37(31)43-38)29-14-6-8-16-34(29)41(35)28-19-18-25-10-4-5-11-26(25)22-28/h1-30H;1-28H;1-24H. The van der Waals surface area contributed by atoms with Gasteiger partial charge in [-0.2, -0.15) is 0 Å². The van der Waals surface area contributed by atoms with Crippen molar-refractivity contribution in [3.63, 3.8) is 0 Å². The monoisotopic (exact) mass is 1820 g/mol. The molecule has 0 aliphatic heterocycles. The van der Waals surface area contributed by atoms with Crippen molar-refractivity contribution >= 4 is 218 Å². The minimum Gasteiger partial charge on any atom is -0.456 e. The number of nitrogens with zero attached hydrogens (tertiary/aromatic N) is 6. The zero-order valence-electron chi connectivity index (χ0n) is 77.3. The first-order valence-corrected chi connectivity index (χ1v) is 48.9. The Morgan fingerprint density at radius 2 is 0.399 bits per heavy atom. The maximum absolute atomic E-state index is 6.57. The Hall–Kier alpha value is -19.2. The molecule has 0 aliphatic carbocycles. The number of hydrogen-bond acceptors (Lipinski definition) is 3. The van der Waals surface area contributed by atoms with E-state index in [-0.39, 0.29) is 0 Å². The van der Waals surface area contributed by atoms with E-state index in [9.17, 15) is 0 Å². The van der Waals surface area contributed by atoms with Gasteiger partial charge in [0.15, 0.2) is 0 Å². The lowest BCUT2D eigenvalue weighted by Crippen LogP contribution is -1.96. The van der Waals surface area contributed by atoms with Crippen LogP contribution in [0.4, 0.5) is 0 Å². The highest BCUT2D eigenvalue weighted by molar-refractivity contribution is 6.31. The van der Waals surface area contributed by atoms with Crippen molar-refractivity contribution in [3.8, 4) is 67.5 Å². The normalized spacial score (nSPS) is 12.1. The van der Waals surface area contributed by atoms with Crippen LogP contribution in [-0.2, 0) is 0 Å². The summed E-state index contributed by atoms with van der Waals surface area (Å²) in [5.41, 5.74) is 33.6. The summed E-state index contributed by atoms with van der Waals surface area (Å²) < 4.78 is 33.9. The molecule has 0 radical (unpaired) electrons. The Labute approximate surface area is 818 Å². The van der Waals surface area contributed by atoms with Crippen LogP contribution in [0.1, 0.15) is 0 Å². The fourth-order valence-electron chi connectivity index (χ4n) is 23.5. The van der Waals surface area contributed by atoms with Crippen molar-refractivity contribution in [2.75, 3.05) is 0 Å². The Morgan fingerprint density at radius 1 is 0.119 bits per heavy atom. The van der Waals surface area contributed by atoms with E-state index in [1.165, 1.54) is 175 Å². The second kappa shape index (κ2) is 31.7. The van der Waals surface area contributed by atoms with E-state index < -0.39 is 0 Å². The van der Waals surface area contributed by atoms with E-state index >= 15 is 0 Å². The summed E-state index contributed by atoms with van der Waals surface area (Å²) in [7, 11) is 0. The third kappa shape index (κ3) is 12.4. The molecule has 0 fully saturated rings. The first-order chi connectivity index (χ1) is 70.9. The molecular weight excluding hydrogens is 1740 g/mol. The van der Waals surface area contributed by atoms with Gasteiger partial charge in [-0.3, -0.25) is 0 Å². The largest absolute Gasteiger partial charge is 0.456 e. The minimum absolute atomic E-state index is 0.889. The molecule has 9 nitrogen and oxygen atoms in total. The zero-order valence-corrected chi connectivity index (χ0v) is 77.3. The van der Waals surface area contributed by atoms with Crippen molar-refractivity contribution < 1.29 is 13.3 Å². The van der Waals surface area contributed by atoms with Crippen LogP contribution in [0.3, 0.4) is 0 Å². The molecule has 0 amide bonds. The molecule has 9 heterocycles. The molecule has 32 rings (SSSR count). The van der Waals surface area contributed by atoms with Crippen molar-refractivity contribution in [2.24, 2.45) is 0 Å². The molecule has 9 heteroatoms. The molecule has 0 unspecified atom stereocenters. The number of aromatic nitrogens is 6. The zero-order chi connectivity index (χ0) is 93.6. The Kier molecular flexibility index (Phi) is 17.7. The smallest absolute Gasteiger partial charge is 0.137 e. The van der Waals surface area contributed by atoms with E-state index in [1.54, 1.807) is 0 Å². The highest BCUT2D eigenvalue weighted by Gasteiger charge is 2.29. The van der Waals surface area contributed by atoms with Gasteiger partial charge in [-0.05, 0) is 249 Å². The van der Waals surface area contributed by atoms with Gasteiger partial charge < -0.3 is 40.7 Å². The van der Waals surface area contributed by atoms with Gasteiger partial charge in [0.1, 0.15) is 33.5 Å². The van der Waals surface area contributed by atoms with Gasteiger partial charge in [-0.1, -0.05) is 303 Å². The number of hydrogen-bond donors (Lipinski definition) is 0. The van der Waals surface area contributed by atoms with Gasteiger partial charge in [0.25, 0.3) is 0 Å². The van der Waals surface area contributed by atoms with Crippen LogP contribution < -0.4 is 0 Å². The summed E-state index contributed by atoms with van der Waals surface area (Å²) in [5, 5.41) is 26.6. The van der Waals surface area contributed by atoms with Crippen molar-refractivity contribution in [1.82, 2.24) is 27.4 Å². The molecule has 23 aromatic carbocycles. The van der Waals surface area contributed by atoms with Crippen LogP contribution in [0, 0.1) is 0 Å². The molecule has 0 saturated carbocycles. The van der Waals surface area contributed by atoms with Crippen LogP contribution in [0.5, 0.6) is 0 Å². The lowest BCUT2D eigenvalue weighted by Gasteiger charge is -2.12. The van der Waals surface area contributed by atoms with Crippen molar-refractivity contribution in [1.29, 1.82) is 0 Å². The predicted octanol–water partition coefficient (Wildman–Crippen LogP) is 36.6. The van der Waals surface area contributed by atoms with E-state index in [0.717, 1.165) is 111 Å². The number of benzene rings is 23. The van der Waals surface area contributed by atoms with Gasteiger partial charge in [-0.15, -0.1) is 0 Å². The minimum atomic E-state index is 0.889. The summed E-state index contributed by atoms with van der Waals surface area (Å²) >= 11 is 0. The fourth-order valence-corrected chi connectivity index (χ4v) is 23.5. The molecular formula is C134H82N6O3. The summed E-state index contributed by atoms with van der Waals surface area (Å²) in [6, 6.07) is 179. The van der Waals surface area contributed by atoms with Crippen molar-refractivity contribution in [2.45, 2.75) is 0 Å². The van der Waals surface area contributed by atoms with Gasteiger partial charge in [0.2, 0.25) is 0 Å². The number of rotatable bonds is 9. The second-order valence-electron chi connectivity index (χ2n) is 37.7. The fraction of sp³-hybridized carbons (Fsp3) is 0. The third-order valence-corrected chi connectivity index (χ3v) is 29.8. The third-order valence-electron chi connectivity index (χ3n) is 29.8. The van der Waals surface area contributed by atoms with Crippen LogP contribution >= 0.6 is 0 Å². The first-order valence-electron chi connectivity index (χ1n) is 48.9. The van der Waals surface area contributed by atoms with E-state index in [1.807, 2.05) is 12.1 Å². The number of fused-ring (bicyclic) bond motifs is 32. The van der Waals surface area contributed by atoms with Gasteiger partial charge in [0, 0.05) is 115 Å². The number of furan rings is 3. The van der Waals surface area contributed by atoms with E-state index in [2.05, 4.69) is 513 Å². The van der Waals surface area contributed by atoms with E-state index in [0.29, 0.717) is 0 Å². The first kappa shape index (κ1) is 79.9. The average Bonchev–Trinajstić information content (AvgIpc) is 1.54. The van der Waals surface area contributed by atoms with Crippen LogP contribution in [-0.4, -0.2) is 27.4 Å². The Bertz CT molecular complexity index is 10900. The average molecular weight is 1820 g/mol. The van der Waals surface area contributed by atoms with Gasteiger partial charge >= 0.3 is 0 Å². The maximum atomic E-state index is 6.57. The molecule has 0 aliphatic rings. The molecule has 32 aromatic rings. The summed E-state index contributed by atoms with van der Waals surface area (Å²) in [6.07, 6.45) is 0. The molecule has 0 spiro atoms. The maximum Gasteiger partial charge on any atom is 0.137 e. The van der Waals surface area contributed by atoms with Crippen molar-refractivity contribution in [3.05, 3.63) is 497 Å². The predicted molar refractivity (Wildman–Crippen MR) is 599 cm³/mol. The Balaban J connectivity index is 0.000000100. The molecule has 0 saturated heterocycles. The van der Waals surface area contributed by atoms with Crippen LogP contribution in [0.2, 0.25) is 0 Å². The van der Waals surface area contributed by atoms with Gasteiger partial charge in [-0.25, -0.2) is 0 Å². The summed E-state index contributed by atoms with van der Waals surface area (Å²) in [6.45, 7) is 0. The molecule has 0 atom stereocenters. The topological polar surface area (TPSA) is 69.0 Å². The molecule has 143 heavy (non-hydrogen) atoms. The molecule has 0 N–H and O–H groups in total. The lowest BCUT2D eigenvalue weighted by atomic mass is 10.0. The summed E-state index contributed by atoms with van der Waals surface area (Å²) in [5.74, 6) is 0. The molecule has 0 bridgehead atoms. The second-order valence-corrected chi connectivity index (χ2v) is 37.7. The van der Waals surface area contributed by atoms with E-state index in [4.69, 9.17) is 13.3 Å². The number of para-hydroxylation sites is 8. The lowest BCUT2D eigenvalue weighted by molar-refractivity contribution is 0.669.